The van der Waals surface area contributed by atoms with Crippen molar-refractivity contribution < 1.29 is 40.4 Å². The molecule has 15 heteroatoms. The van der Waals surface area contributed by atoms with Crippen molar-refractivity contribution in [1.29, 1.82) is 0 Å². The highest BCUT2D eigenvalue weighted by atomic mass is 35.5. The number of hydrogen-bond acceptors (Lipinski definition) is 8. The van der Waals surface area contributed by atoms with Gasteiger partial charge in [-0.25, -0.2) is 18.1 Å². The SMILES string of the molecule is CC(C)OP1(=O)OCC2(C(F)F)OC(n3cc(Cl)c(N)nc3=O)C(F)(F)C2O1. The van der Waals surface area contributed by atoms with E-state index in [4.69, 9.17) is 35.6 Å². The summed E-state index contributed by atoms with van der Waals surface area (Å²) in [5, 5.41) is -0.383. The van der Waals surface area contributed by atoms with Crippen molar-refractivity contribution in [2.45, 2.75) is 50.2 Å². The van der Waals surface area contributed by atoms with E-state index in [1.165, 1.54) is 13.8 Å². The van der Waals surface area contributed by atoms with Gasteiger partial charge in [-0.2, -0.15) is 13.8 Å². The zero-order valence-electron chi connectivity index (χ0n) is 14.4. The largest absolute Gasteiger partial charge is 0.475 e. The van der Waals surface area contributed by atoms with E-state index in [-0.39, 0.29) is 9.59 Å². The molecule has 2 fully saturated rings. The van der Waals surface area contributed by atoms with Crippen molar-refractivity contribution in [1.82, 2.24) is 9.55 Å². The zero-order valence-corrected chi connectivity index (χ0v) is 16.0. The van der Waals surface area contributed by atoms with Gasteiger partial charge in [0.25, 0.3) is 6.43 Å². The average Bonchev–Trinajstić information content (AvgIpc) is 2.79. The van der Waals surface area contributed by atoms with Crippen LogP contribution in [-0.4, -0.2) is 46.3 Å². The highest BCUT2D eigenvalue weighted by Crippen LogP contribution is 2.64. The normalized spacial score (nSPS) is 34.8. The van der Waals surface area contributed by atoms with Gasteiger partial charge in [0.1, 0.15) is 5.82 Å². The van der Waals surface area contributed by atoms with Crippen molar-refractivity contribution >= 4 is 25.2 Å². The Morgan fingerprint density at radius 3 is 2.68 bits per heavy atom. The van der Waals surface area contributed by atoms with Gasteiger partial charge in [-0.15, -0.1) is 0 Å². The molecule has 0 saturated carbocycles. The minimum absolute atomic E-state index is 0.207. The Labute approximate surface area is 160 Å². The summed E-state index contributed by atoms with van der Waals surface area (Å²) in [5.41, 5.74) is 0.986. The second-order valence-electron chi connectivity index (χ2n) is 6.42. The van der Waals surface area contributed by atoms with E-state index < -0.39 is 62.3 Å². The molecule has 2 aliphatic heterocycles. The van der Waals surface area contributed by atoms with Gasteiger partial charge in [0.05, 0.1) is 17.7 Å². The van der Waals surface area contributed by atoms with E-state index >= 15 is 8.78 Å². The maximum absolute atomic E-state index is 15.1. The Kier molecular flexibility index (Phi) is 5.31. The van der Waals surface area contributed by atoms with Crippen LogP contribution in [0.25, 0.3) is 0 Å². The van der Waals surface area contributed by atoms with Gasteiger partial charge >= 0.3 is 19.4 Å². The van der Waals surface area contributed by atoms with Crippen LogP contribution in [0.4, 0.5) is 23.4 Å². The number of ether oxygens (including phenoxy) is 1. The summed E-state index contributed by atoms with van der Waals surface area (Å²) in [6.07, 6.45) is -8.99. The fourth-order valence-corrected chi connectivity index (χ4v) is 4.59. The van der Waals surface area contributed by atoms with Crippen LogP contribution >= 0.6 is 19.4 Å². The number of fused-ring (bicyclic) bond motifs is 1. The summed E-state index contributed by atoms with van der Waals surface area (Å²) >= 11 is 5.69. The second-order valence-corrected chi connectivity index (χ2v) is 8.41. The lowest BCUT2D eigenvalue weighted by Crippen LogP contribution is -2.57. The molecular formula is C13H15ClF4N3O6P. The maximum atomic E-state index is 15.1. The smallest absolute Gasteiger partial charge is 0.382 e. The Hall–Kier alpha value is -1.24. The fraction of sp³-hybridized carbons (Fsp3) is 0.692. The molecule has 4 unspecified atom stereocenters. The van der Waals surface area contributed by atoms with Gasteiger partial charge in [-0.1, -0.05) is 11.6 Å². The van der Waals surface area contributed by atoms with Gasteiger partial charge in [0, 0.05) is 6.20 Å². The van der Waals surface area contributed by atoms with Crippen LogP contribution < -0.4 is 11.4 Å². The first kappa shape index (κ1) is 21.5. The summed E-state index contributed by atoms with van der Waals surface area (Å²) in [7, 11) is -4.59. The van der Waals surface area contributed by atoms with Gasteiger partial charge in [0.15, 0.2) is 11.7 Å². The molecule has 1 aromatic rings. The third-order valence-electron chi connectivity index (χ3n) is 4.03. The number of alkyl halides is 4. The Morgan fingerprint density at radius 1 is 1.46 bits per heavy atom. The van der Waals surface area contributed by atoms with Crippen LogP contribution in [0.2, 0.25) is 5.02 Å². The van der Waals surface area contributed by atoms with E-state index in [0.717, 1.165) is 0 Å². The number of phosphoric acid groups is 1. The molecule has 2 saturated heterocycles. The number of aromatic nitrogens is 2. The summed E-state index contributed by atoms with van der Waals surface area (Å²) in [4.78, 5) is 15.2. The third-order valence-corrected chi connectivity index (χ3v) is 5.92. The third kappa shape index (κ3) is 3.33. The molecule has 2 aliphatic rings. The van der Waals surface area contributed by atoms with E-state index in [2.05, 4.69) is 4.98 Å². The van der Waals surface area contributed by atoms with Crippen LogP contribution in [0, 0.1) is 0 Å². The van der Waals surface area contributed by atoms with Crippen molar-refractivity contribution in [3.63, 3.8) is 0 Å². The number of nitrogens with two attached hydrogens (primary N) is 1. The minimum atomic E-state index is -4.59. The molecule has 3 rings (SSSR count). The molecule has 2 N–H and O–H groups in total. The highest BCUT2D eigenvalue weighted by molar-refractivity contribution is 7.48. The lowest BCUT2D eigenvalue weighted by atomic mass is 9.96. The first-order valence-electron chi connectivity index (χ1n) is 7.82. The molecular weight excluding hydrogens is 437 g/mol. The first-order valence-corrected chi connectivity index (χ1v) is 9.65. The molecule has 0 amide bonds. The maximum Gasteiger partial charge on any atom is 0.475 e. The molecule has 0 aromatic carbocycles. The molecule has 0 spiro atoms. The molecule has 3 heterocycles. The molecule has 0 bridgehead atoms. The number of phosphoric ester groups is 1. The van der Waals surface area contributed by atoms with Crippen LogP contribution in [0.15, 0.2) is 11.0 Å². The predicted octanol–water partition coefficient (Wildman–Crippen LogP) is 2.60. The van der Waals surface area contributed by atoms with Crippen LogP contribution in [0.5, 0.6) is 0 Å². The summed E-state index contributed by atoms with van der Waals surface area (Å²) in [6, 6.07) is 0. The summed E-state index contributed by atoms with van der Waals surface area (Å²) < 4.78 is 89.4. The first-order chi connectivity index (χ1) is 12.8. The molecule has 1 aromatic heterocycles. The van der Waals surface area contributed by atoms with E-state index in [1.54, 1.807) is 0 Å². The number of nitrogens with zero attached hydrogens (tertiary/aromatic N) is 2. The molecule has 4 atom stereocenters. The summed E-state index contributed by atoms with van der Waals surface area (Å²) in [6.45, 7) is 1.60. The summed E-state index contributed by atoms with van der Waals surface area (Å²) in [5.74, 6) is -4.71. The Balaban J connectivity index is 2.08. The quantitative estimate of drug-likeness (QED) is 0.549. The van der Waals surface area contributed by atoms with E-state index in [1.807, 2.05) is 0 Å². The van der Waals surface area contributed by atoms with Crippen LogP contribution in [-0.2, 0) is 22.9 Å². The van der Waals surface area contributed by atoms with Crippen molar-refractivity contribution in [3.05, 3.63) is 21.7 Å². The molecule has 0 aliphatic carbocycles. The molecule has 9 nitrogen and oxygen atoms in total. The van der Waals surface area contributed by atoms with E-state index in [9.17, 15) is 18.1 Å². The molecule has 28 heavy (non-hydrogen) atoms. The Morgan fingerprint density at radius 2 is 2.11 bits per heavy atom. The van der Waals surface area contributed by atoms with E-state index in [0.29, 0.717) is 6.20 Å². The van der Waals surface area contributed by atoms with Crippen molar-refractivity contribution in [2.24, 2.45) is 0 Å². The van der Waals surface area contributed by atoms with Gasteiger partial charge < -0.3 is 10.5 Å². The van der Waals surface area contributed by atoms with Crippen molar-refractivity contribution in [2.75, 3.05) is 12.3 Å². The number of halogens is 5. The minimum Gasteiger partial charge on any atom is -0.382 e. The number of rotatable bonds is 4. The molecule has 0 radical (unpaired) electrons. The second kappa shape index (κ2) is 6.92. The van der Waals surface area contributed by atoms with Gasteiger partial charge in [-0.05, 0) is 13.8 Å². The molecule has 158 valence electrons. The predicted molar refractivity (Wildman–Crippen MR) is 86.4 cm³/mol. The van der Waals surface area contributed by atoms with Gasteiger partial charge in [-0.3, -0.25) is 18.1 Å². The number of hydrogen-bond donors (Lipinski definition) is 1. The zero-order chi connectivity index (χ0) is 21.1. The fourth-order valence-electron chi connectivity index (χ4n) is 2.82. The average molecular weight is 452 g/mol. The number of nitrogen functional groups attached to an aromatic ring is 1. The van der Waals surface area contributed by atoms with Crippen LogP contribution in [0.3, 0.4) is 0 Å². The lowest BCUT2D eigenvalue weighted by Gasteiger charge is -2.39. The van der Waals surface area contributed by atoms with Crippen LogP contribution in [0.1, 0.15) is 20.1 Å². The van der Waals surface area contributed by atoms with Crippen molar-refractivity contribution in [3.8, 4) is 0 Å². The standard InChI is InChI=1S/C13H15ClF4N3O6P/c1-5(2)26-28(23)24-4-12(9(15)16)8(27-28)13(17,18)10(25-12)21-3-6(14)7(19)20-11(21)22/h3,5,8-10H,4H2,1-2H3,(H2,19,20,22). The topological polar surface area (TPSA) is 115 Å². The highest BCUT2D eigenvalue weighted by Gasteiger charge is 2.75. The monoisotopic (exact) mass is 451 g/mol. The Bertz CT molecular complexity index is 886. The van der Waals surface area contributed by atoms with Gasteiger partial charge in [0.2, 0.25) is 6.23 Å². The lowest BCUT2D eigenvalue weighted by molar-refractivity contribution is -0.209. The number of anilines is 1.